The summed E-state index contributed by atoms with van der Waals surface area (Å²) in [4.78, 5) is 12.4. The third-order valence-corrected chi connectivity index (χ3v) is 7.00. The van der Waals surface area contributed by atoms with E-state index in [-0.39, 0.29) is 11.7 Å². The van der Waals surface area contributed by atoms with Gasteiger partial charge in [0.05, 0.1) is 5.75 Å². The van der Waals surface area contributed by atoms with Gasteiger partial charge in [0.25, 0.3) is 0 Å². The van der Waals surface area contributed by atoms with Crippen LogP contribution < -0.4 is 5.32 Å². The molecule has 0 unspecified atom stereocenters. The van der Waals surface area contributed by atoms with Crippen molar-refractivity contribution in [1.82, 2.24) is 14.5 Å². The molecule has 1 aromatic heterocycles. The molecule has 2 aliphatic rings. The maximum atomic E-state index is 12.4. The summed E-state index contributed by atoms with van der Waals surface area (Å²) in [7, 11) is -3.35. The van der Waals surface area contributed by atoms with Crippen LogP contribution in [0.5, 0.6) is 0 Å². The van der Waals surface area contributed by atoms with Crippen LogP contribution in [0, 0.1) is 0 Å². The minimum Gasteiger partial charge on any atom is -0.299 e. The molecule has 122 valence electrons. The first-order chi connectivity index (χ1) is 10.5. The number of aromatic nitrogens is 2. The van der Waals surface area contributed by atoms with E-state index in [0.717, 1.165) is 17.8 Å². The topological polar surface area (TPSA) is 92.3 Å². The molecule has 1 amide bonds. The smallest absolute Gasteiger partial charge is 0.244 e. The molecule has 7 nitrogen and oxygen atoms in total. The fourth-order valence-electron chi connectivity index (χ4n) is 2.68. The summed E-state index contributed by atoms with van der Waals surface area (Å²) in [6.07, 6.45) is 4.09. The molecular formula is C13H20N4O3S2. The number of rotatable bonds is 6. The van der Waals surface area contributed by atoms with Crippen LogP contribution in [0.15, 0.2) is 0 Å². The first kappa shape index (κ1) is 15.8. The van der Waals surface area contributed by atoms with Gasteiger partial charge in [0.15, 0.2) is 0 Å². The Kier molecular flexibility index (Phi) is 4.47. The maximum Gasteiger partial charge on any atom is 0.244 e. The molecule has 1 aliphatic heterocycles. The Morgan fingerprint density at radius 1 is 1.36 bits per heavy atom. The monoisotopic (exact) mass is 344 g/mol. The Hall–Kier alpha value is -1.06. The van der Waals surface area contributed by atoms with Crippen molar-refractivity contribution in [3.63, 3.8) is 0 Å². The van der Waals surface area contributed by atoms with Gasteiger partial charge in [-0.3, -0.25) is 10.1 Å². The van der Waals surface area contributed by atoms with Crippen molar-refractivity contribution in [2.75, 3.05) is 17.6 Å². The van der Waals surface area contributed by atoms with E-state index >= 15 is 0 Å². The number of anilines is 1. The Bertz CT molecular complexity index is 654. The van der Waals surface area contributed by atoms with E-state index in [2.05, 4.69) is 15.5 Å². The second-order valence-electron chi connectivity index (χ2n) is 5.79. The Morgan fingerprint density at radius 2 is 2.14 bits per heavy atom. The lowest BCUT2D eigenvalue weighted by atomic mass is 10.2. The number of hydrogen-bond acceptors (Lipinski definition) is 6. The molecule has 22 heavy (non-hydrogen) atoms. The van der Waals surface area contributed by atoms with Crippen molar-refractivity contribution in [3.8, 4) is 0 Å². The lowest BCUT2D eigenvalue weighted by molar-refractivity contribution is -0.119. The van der Waals surface area contributed by atoms with Crippen LogP contribution in [0.1, 0.15) is 50.0 Å². The number of nitrogens with one attached hydrogen (secondary N) is 1. The van der Waals surface area contributed by atoms with Gasteiger partial charge in [-0.15, -0.1) is 10.2 Å². The zero-order chi connectivity index (χ0) is 15.7. The van der Waals surface area contributed by atoms with Gasteiger partial charge < -0.3 is 0 Å². The van der Waals surface area contributed by atoms with Crippen molar-refractivity contribution in [1.29, 1.82) is 0 Å². The van der Waals surface area contributed by atoms with E-state index in [0.29, 0.717) is 36.9 Å². The molecule has 1 N–H and O–H groups in total. The lowest BCUT2D eigenvalue weighted by Gasteiger charge is -2.22. The molecule has 1 aliphatic carbocycles. The number of hydrogen-bond donors (Lipinski definition) is 1. The Labute approximate surface area is 134 Å². The third-order valence-electron chi connectivity index (χ3n) is 3.92. The van der Waals surface area contributed by atoms with E-state index in [9.17, 15) is 13.2 Å². The molecule has 9 heteroatoms. The van der Waals surface area contributed by atoms with Crippen LogP contribution in [-0.4, -0.2) is 47.2 Å². The summed E-state index contributed by atoms with van der Waals surface area (Å²) < 4.78 is 25.8. The standard InChI is InChI=1S/C13H20N4O3S2/c1-2-8-22(19,20)17-7-3-4-10(17)11(18)14-13-16-15-12(21-13)9-5-6-9/h9-10H,2-8H2,1H3,(H,14,16,18)/t10-/m1/s1. The summed E-state index contributed by atoms with van der Waals surface area (Å²) in [5.74, 6) is 0.285. The number of sulfonamides is 1. The first-order valence-electron chi connectivity index (χ1n) is 7.65. The molecule has 2 fully saturated rings. The number of carbonyl (C=O) groups is 1. The highest BCUT2D eigenvalue weighted by molar-refractivity contribution is 7.89. The van der Waals surface area contributed by atoms with Gasteiger partial charge in [-0.05, 0) is 32.1 Å². The summed E-state index contributed by atoms with van der Waals surface area (Å²) in [5.41, 5.74) is 0. The van der Waals surface area contributed by atoms with E-state index in [1.165, 1.54) is 15.6 Å². The van der Waals surface area contributed by atoms with Gasteiger partial charge in [-0.25, -0.2) is 8.42 Å². The molecule has 1 aromatic rings. The van der Waals surface area contributed by atoms with Crippen molar-refractivity contribution < 1.29 is 13.2 Å². The number of carbonyl (C=O) groups excluding carboxylic acids is 1. The van der Waals surface area contributed by atoms with Crippen molar-refractivity contribution in [2.45, 2.75) is 51.0 Å². The first-order valence-corrected chi connectivity index (χ1v) is 10.1. The average molecular weight is 344 g/mol. The zero-order valence-corrected chi connectivity index (χ0v) is 14.1. The quantitative estimate of drug-likeness (QED) is 0.845. The van der Waals surface area contributed by atoms with Gasteiger partial charge in [-0.1, -0.05) is 18.3 Å². The fourth-order valence-corrected chi connectivity index (χ4v) is 5.34. The van der Waals surface area contributed by atoms with Crippen molar-refractivity contribution in [3.05, 3.63) is 5.01 Å². The summed E-state index contributed by atoms with van der Waals surface area (Å²) in [5, 5.41) is 12.2. The molecule has 2 heterocycles. The number of amides is 1. The molecule has 0 aromatic carbocycles. The van der Waals surface area contributed by atoms with E-state index < -0.39 is 16.1 Å². The van der Waals surface area contributed by atoms with Crippen molar-refractivity contribution >= 4 is 32.4 Å². The largest absolute Gasteiger partial charge is 0.299 e. The molecule has 1 atom stereocenters. The van der Waals surface area contributed by atoms with E-state index in [1.807, 2.05) is 6.92 Å². The molecular weight excluding hydrogens is 324 g/mol. The van der Waals surface area contributed by atoms with Crippen LogP contribution in [-0.2, 0) is 14.8 Å². The third kappa shape index (κ3) is 3.31. The fraction of sp³-hybridized carbons (Fsp3) is 0.769. The second kappa shape index (κ2) is 6.21. The molecule has 1 saturated carbocycles. The van der Waals surface area contributed by atoms with Crippen LogP contribution in [0.3, 0.4) is 0 Å². The summed E-state index contributed by atoms with van der Waals surface area (Å²) >= 11 is 1.39. The highest BCUT2D eigenvalue weighted by atomic mass is 32.2. The second-order valence-corrected chi connectivity index (χ2v) is 8.84. The van der Waals surface area contributed by atoms with Crippen LogP contribution >= 0.6 is 11.3 Å². The predicted molar refractivity (Wildman–Crippen MR) is 84.3 cm³/mol. The van der Waals surface area contributed by atoms with E-state index in [1.54, 1.807) is 0 Å². The van der Waals surface area contributed by atoms with Gasteiger partial charge in [-0.2, -0.15) is 4.31 Å². The van der Waals surface area contributed by atoms with Gasteiger partial charge >= 0.3 is 0 Å². The summed E-state index contributed by atoms with van der Waals surface area (Å²) in [6.45, 7) is 2.24. The highest BCUT2D eigenvalue weighted by Crippen LogP contribution is 2.42. The minimum atomic E-state index is -3.35. The van der Waals surface area contributed by atoms with Gasteiger partial charge in [0.2, 0.25) is 21.1 Å². The average Bonchev–Trinajstić information content (AvgIpc) is 3.01. The Morgan fingerprint density at radius 3 is 2.82 bits per heavy atom. The predicted octanol–water partition coefficient (Wildman–Crippen LogP) is 1.56. The van der Waals surface area contributed by atoms with Gasteiger partial charge in [0, 0.05) is 12.5 Å². The maximum absolute atomic E-state index is 12.4. The normalized spacial score (nSPS) is 22.9. The van der Waals surface area contributed by atoms with Gasteiger partial charge in [0.1, 0.15) is 11.0 Å². The Balaban J connectivity index is 1.67. The van der Waals surface area contributed by atoms with Crippen molar-refractivity contribution in [2.24, 2.45) is 0 Å². The molecule has 0 spiro atoms. The highest BCUT2D eigenvalue weighted by Gasteiger charge is 2.38. The van der Waals surface area contributed by atoms with Crippen LogP contribution in [0.25, 0.3) is 0 Å². The van der Waals surface area contributed by atoms with Crippen LogP contribution in [0.4, 0.5) is 5.13 Å². The molecule has 3 rings (SSSR count). The molecule has 1 saturated heterocycles. The minimum absolute atomic E-state index is 0.0847. The molecule has 0 bridgehead atoms. The lowest BCUT2D eigenvalue weighted by Crippen LogP contribution is -2.44. The SMILES string of the molecule is CCCS(=O)(=O)N1CCC[C@@H]1C(=O)Nc1nnc(C2CC2)s1. The number of nitrogens with zero attached hydrogens (tertiary/aromatic N) is 3. The van der Waals surface area contributed by atoms with Crippen LogP contribution in [0.2, 0.25) is 0 Å². The van der Waals surface area contributed by atoms with E-state index in [4.69, 9.17) is 0 Å². The zero-order valence-electron chi connectivity index (χ0n) is 12.5. The molecule has 0 radical (unpaired) electrons. The summed E-state index contributed by atoms with van der Waals surface area (Å²) in [6, 6.07) is -0.621.